The van der Waals surface area contributed by atoms with Crippen LogP contribution >= 0.6 is 0 Å². The Hall–Kier alpha value is -3.23. The minimum Gasteiger partial charge on any atom is -0.544 e. The molecule has 320 valence electrons. The van der Waals surface area contributed by atoms with Crippen LogP contribution < -0.4 is 5.11 Å². The van der Waals surface area contributed by atoms with Gasteiger partial charge in [0, 0.05) is 19.3 Å². The van der Waals surface area contributed by atoms with Gasteiger partial charge in [0.2, 0.25) is 0 Å². The van der Waals surface area contributed by atoms with Crippen LogP contribution in [0.4, 0.5) is 0 Å². The molecule has 2 unspecified atom stereocenters. The molecule has 0 aliphatic rings. The smallest absolute Gasteiger partial charge is 0.306 e. The van der Waals surface area contributed by atoms with Gasteiger partial charge in [-0.05, 0) is 57.8 Å². The van der Waals surface area contributed by atoms with Gasteiger partial charge >= 0.3 is 11.9 Å². The van der Waals surface area contributed by atoms with Crippen LogP contribution in [0.1, 0.15) is 162 Å². The number of aliphatic carboxylic acids is 1. The molecule has 0 aliphatic heterocycles. The summed E-state index contributed by atoms with van der Waals surface area (Å²) in [4.78, 5) is 36.8. The summed E-state index contributed by atoms with van der Waals surface area (Å²) in [5.41, 5.74) is 0. The Bertz CT molecular complexity index is 1140. The van der Waals surface area contributed by atoms with Gasteiger partial charge < -0.3 is 28.6 Å². The first-order valence-electron chi connectivity index (χ1n) is 22.0. The van der Waals surface area contributed by atoms with Gasteiger partial charge in [0.05, 0.1) is 40.3 Å². The molecule has 0 rings (SSSR count). The number of hydrogen-bond acceptors (Lipinski definition) is 7. The molecule has 0 N–H and O–H groups in total. The van der Waals surface area contributed by atoms with Crippen molar-refractivity contribution in [3.63, 3.8) is 0 Å². The maximum absolute atomic E-state index is 12.7. The highest BCUT2D eigenvalue weighted by Crippen LogP contribution is 2.14. The lowest BCUT2D eigenvalue weighted by molar-refractivity contribution is -0.889. The second kappa shape index (κ2) is 38.6. The van der Waals surface area contributed by atoms with E-state index in [4.69, 9.17) is 14.2 Å². The van der Waals surface area contributed by atoms with Gasteiger partial charge in [-0.1, -0.05) is 157 Å². The molecule has 8 heteroatoms. The van der Waals surface area contributed by atoms with E-state index >= 15 is 0 Å². The number of hydrogen-bond donors (Lipinski definition) is 0. The lowest BCUT2D eigenvalue weighted by Crippen LogP contribution is -2.55. The highest BCUT2D eigenvalue weighted by Gasteiger charge is 2.25. The van der Waals surface area contributed by atoms with Crippen LogP contribution in [0.5, 0.6) is 0 Å². The number of carbonyl (C=O) groups excluding carboxylic acids is 3. The van der Waals surface area contributed by atoms with Crippen molar-refractivity contribution in [2.45, 2.75) is 174 Å². The van der Waals surface area contributed by atoms with Gasteiger partial charge in [-0.3, -0.25) is 9.59 Å². The molecule has 0 saturated carbocycles. The summed E-state index contributed by atoms with van der Waals surface area (Å²) in [6.45, 7) is 4.43. The van der Waals surface area contributed by atoms with Crippen LogP contribution in [-0.4, -0.2) is 75.5 Å². The monoisotopic (exact) mass is 784 g/mol. The maximum atomic E-state index is 12.7. The number of nitrogens with zero attached hydrogens (tertiary/aromatic N) is 1. The number of allylic oxidation sites excluding steroid dienone is 12. The van der Waals surface area contributed by atoms with Gasteiger partial charge in [0.1, 0.15) is 12.6 Å². The predicted octanol–water partition coefficient (Wildman–Crippen LogP) is 10.6. The molecule has 0 amide bonds. The maximum Gasteiger partial charge on any atom is 0.306 e. The molecule has 0 bridgehead atoms. The normalized spacial score (nSPS) is 13.7. The standard InChI is InChI=1S/C48H81NO7/c1-6-8-10-12-14-16-18-20-21-22-23-24-25-27-28-30-32-34-36-38-46(50)55-43-44(42-54-41-40-45(48(52)53)49(3,4)5)56-47(51)39-37-35-33-31-29-26-19-17-15-13-11-9-7-2/h9,11,13-20,26,29,44-45H,6-8,10,12,21-25,27-28,30-43H2,1-5H3/b11-9+,15-13+,16-14+,19-17+,20-18+,29-26+. The van der Waals surface area contributed by atoms with Crippen molar-refractivity contribution in [2.24, 2.45) is 0 Å². The van der Waals surface area contributed by atoms with Crippen LogP contribution in [0.3, 0.4) is 0 Å². The average Bonchev–Trinajstić information content (AvgIpc) is 3.15. The van der Waals surface area contributed by atoms with Gasteiger partial charge in [0.25, 0.3) is 0 Å². The van der Waals surface area contributed by atoms with Crippen LogP contribution in [0.2, 0.25) is 0 Å². The molecule has 56 heavy (non-hydrogen) atoms. The van der Waals surface area contributed by atoms with Crippen molar-refractivity contribution in [1.82, 2.24) is 0 Å². The fraction of sp³-hybridized carbons (Fsp3) is 0.688. The number of carboxylic acids is 1. The van der Waals surface area contributed by atoms with Crippen LogP contribution in [-0.2, 0) is 28.6 Å². The van der Waals surface area contributed by atoms with Crippen LogP contribution in [0.25, 0.3) is 0 Å². The molecule has 0 saturated heterocycles. The fourth-order valence-electron chi connectivity index (χ4n) is 6.01. The average molecular weight is 784 g/mol. The first-order valence-corrected chi connectivity index (χ1v) is 22.0. The summed E-state index contributed by atoms with van der Waals surface area (Å²) in [6.07, 6.45) is 47.9. The topological polar surface area (TPSA) is 102 Å². The Kier molecular flexibility index (Phi) is 36.4. The third kappa shape index (κ3) is 36.4. The van der Waals surface area contributed by atoms with Crippen LogP contribution in [0.15, 0.2) is 72.9 Å². The third-order valence-electron chi connectivity index (χ3n) is 9.45. The highest BCUT2D eigenvalue weighted by atomic mass is 16.6. The minimum absolute atomic E-state index is 0.0201. The molecular weight excluding hydrogens is 703 g/mol. The molecule has 0 aromatic carbocycles. The largest absolute Gasteiger partial charge is 0.544 e. The second-order valence-electron chi connectivity index (χ2n) is 15.7. The number of carbonyl (C=O) groups is 3. The number of unbranched alkanes of at least 4 members (excludes halogenated alkanes) is 16. The Morgan fingerprint density at radius 3 is 1.52 bits per heavy atom. The number of rotatable bonds is 38. The Balaban J connectivity index is 4.36. The van der Waals surface area contributed by atoms with Gasteiger partial charge in [-0.15, -0.1) is 0 Å². The van der Waals surface area contributed by atoms with Gasteiger partial charge in [-0.25, -0.2) is 0 Å². The van der Waals surface area contributed by atoms with E-state index in [9.17, 15) is 19.5 Å². The minimum atomic E-state index is -1.14. The molecule has 0 aromatic rings. The summed E-state index contributed by atoms with van der Waals surface area (Å²) in [7, 11) is 5.38. The van der Waals surface area contributed by atoms with Crippen molar-refractivity contribution in [3.05, 3.63) is 72.9 Å². The lowest BCUT2D eigenvalue weighted by Gasteiger charge is -2.34. The molecule has 0 spiro atoms. The van der Waals surface area contributed by atoms with Crippen molar-refractivity contribution in [3.8, 4) is 0 Å². The zero-order valence-electron chi connectivity index (χ0n) is 36.3. The number of ether oxygens (including phenoxy) is 3. The van der Waals surface area contributed by atoms with Gasteiger partial charge in [-0.2, -0.15) is 0 Å². The number of esters is 2. The summed E-state index contributed by atoms with van der Waals surface area (Å²) in [5, 5.41) is 11.6. The van der Waals surface area contributed by atoms with Crippen molar-refractivity contribution < 1.29 is 38.2 Å². The first kappa shape index (κ1) is 52.8. The quantitative estimate of drug-likeness (QED) is 0.0266. The van der Waals surface area contributed by atoms with Crippen molar-refractivity contribution in [1.29, 1.82) is 0 Å². The lowest BCUT2D eigenvalue weighted by atomic mass is 10.1. The Morgan fingerprint density at radius 1 is 0.554 bits per heavy atom. The SMILES string of the molecule is CC/C=C/C=C/C=C/C=C/CCCCCC(=O)OC(COCCC(C(=O)[O-])[N+](C)(C)C)COC(=O)CCCCCCCCCCCC/C=C/C=C/CCCCC. The fourth-order valence-corrected chi connectivity index (χ4v) is 6.01. The van der Waals surface area contributed by atoms with E-state index < -0.39 is 18.1 Å². The molecule has 0 radical (unpaired) electrons. The van der Waals surface area contributed by atoms with E-state index in [0.717, 1.165) is 44.9 Å². The Labute approximate surface area is 342 Å². The predicted molar refractivity (Wildman–Crippen MR) is 231 cm³/mol. The molecule has 8 nitrogen and oxygen atoms in total. The van der Waals surface area contributed by atoms with E-state index in [1.807, 2.05) is 36.5 Å². The van der Waals surface area contributed by atoms with E-state index in [1.165, 1.54) is 77.0 Å². The van der Waals surface area contributed by atoms with Gasteiger partial charge in [0.15, 0.2) is 6.10 Å². The number of carboxylic acid groups (broad SMARTS) is 1. The first-order chi connectivity index (χ1) is 27.1. The zero-order valence-corrected chi connectivity index (χ0v) is 36.3. The van der Waals surface area contributed by atoms with E-state index in [1.54, 1.807) is 21.1 Å². The number of quaternary nitrogens is 1. The highest BCUT2D eigenvalue weighted by molar-refractivity contribution is 5.70. The number of likely N-dealkylation sites (N-methyl/N-ethyl adjacent to an activating group) is 1. The van der Waals surface area contributed by atoms with Crippen LogP contribution in [0, 0.1) is 0 Å². The van der Waals surface area contributed by atoms with Crippen molar-refractivity contribution >= 4 is 17.9 Å². The molecule has 0 aromatic heterocycles. The van der Waals surface area contributed by atoms with Crippen molar-refractivity contribution in [2.75, 3.05) is 41.0 Å². The molecular formula is C48H81NO7. The van der Waals surface area contributed by atoms with E-state index in [0.29, 0.717) is 12.8 Å². The zero-order chi connectivity index (χ0) is 41.4. The molecule has 2 atom stereocenters. The Morgan fingerprint density at radius 2 is 1.00 bits per heavy atom. The second-order valence-corrected chi connectivity index (χ2v) is 15.7. The summed E-state index contributed by atoms with van der Waals surface area (Å²) in [6, 6.07) is -0.736. The summed E-state index contributed by atoms with van der Waals surface area (Å²) >= 11 is 0. The third-order valence-corrected chi connectivity index (χ3v) is 9.45. The van der Waals surface area contributed by atoms with E-state index in [2.05, 4.69) is 50.3 Å². The molecule has 0 aliphatic carbocycles. The molecule has 0 heterocycles. The summed E-state index contributed by atoms with van der Waals surface area (Å²) < 4.78 is 17.1. The summed E-state index contributed by atoms with van der Waals surface area (Å²) in [5.74, 6) is -1.80. The van der Waals surface area contributed by atoms with E-state index in [-0.39, 0.29) is 49.1 Å². The molecule has 0 fully saturated rings.